The van der Waals surface area contributed by atoms with E-state index in [9.17, 15) is 0 Å². The highest BCUT2D eigenvalue weighted by atomic mass is 14.9. The van der Waals surface area contributed by atoms with Crippen LogP contribution >= 0.6 is 0 Å². The zero-order valence-corrected chi connectivity index (χ0v) is 13.5. The Balaban J connectivity index is 2.00. The Labute approximate surface area is 128 Å². The molecule has 0 fully saturated rings. The Kier molecular flexibility index (Phi) is 3.32. The topological polar surface area (TPSA) is 12.0 Å². The zero-order valence-electron chi connectivity index (χ0n) is 13.5. The second kappa shape index (κ2) is 4.91. The fourth-order valence-electron chi connectivity index (χ4n) is 3.35. The van der Waals surface area contributed by atoms with Crippen LogP contribution < -0.4 is 5.32 Å². The third-order valence-corrected chi connectivity index (χ3v) is 4.92. The molecule has 1 aliphatic rings. The molecule has 21 heavy (non-hydrogen) atoms. The molecule has 0 bridgehead atoms. The van der Waals surface area contributed by atoms with Crippen LogP contribution in [0.1, 0.15) is 51.7 Å². The molecule has 3 rings (SSSR count). The van der Waals surface area contributed by atoms with Crippen molar-refractivity contribution < 1.29 is 0 Å². The van der Waals surface area contributed by atoms with Crippen molar-refractivity contribution in [3.05, 3.63) is 59.7 Å². The molecular weight excluding hydrogens is 254 g/mol. The molecule has 0 atom stereocenters. The molecule has 0 radical (unpaired) electrons. The lowest BCUT2D eigenvalue weighted by Crippen LogP contribution is -2.33. The quantitative estimate of drug-likeness (QED) is 0.734. The lowest BCUT2D eigenvalue weighted by molar-refractivity contribution is 0.332. The van der Waals surface area contributed by atoms with Gasteiger partial charge in [-0.1, -0.05) is 52.0 Å². The minimum atomic E-state index is 0.263. The second-order valence-electron chi connectivity index (χ2n) is 7.52. The van der Waals surface area contributed by atoms with E-state index in [1.54, 1.807) is 0 Å². The first-order valence-electron chi connectivity index (χ1n) is 7.86. The lowest BCUT2D eigenvalue weighted by Gasteiger charge is -2.42. The van der Waals surface area contributed by atoms with Gasteiger partial charge in [-0.3, -0.25) is 0 Å². The summed E-state index contributed by atoms with van der Waals surface area (Å²) in [6, 6.07) is 17.3. The van der Waals surface area contributed by atoms with Gasteiger partial charge < -0.3 is 5.32 Å². The van der Waals surface area contributed by atoms with Crippen molar-refractivity contribution in [2.75, 3.05) is 5.32 Å². The summed E-state index contributed by atoms with van der Waals surface area (Å²) in [6.45, 7) is 9.47. The zero-order chi connectivity index (χ0) is 15.1. The van der Waals surface area contributed by atoms with Crippen molar-refractivity contribution in [2.24, 2.45) is 0 Å². The molecule has 1 aliphatic carbocycles. The summed E-state index contributed by atoms with van der Waals surface area (Å²) in [5.41, 5.74) is 5.89. The van der Waals surface area contributed by atoms with E-state index in [-0.39, 0.29) is 10.8 Å². The standard InChI is InChI=1S/C20H25N/c1-19(2)12-13-20(3,4)18-14-16(10-11-17(18)19)21-15-8-6-5-7-9-15/h5-11,14,21H,12-13H2,1-4H3. The Morgan fingerprint density at radius 2 is 1.33 bits per heavy atom. The van der Waals surface area contributed by atoms with Gasteiger partial charge in [-0.2, -0.15) is 0 Å². The van der Waals surface area contributed by atoms with Crippen LogP contribution in [-0.4, -0.2) is 0 Å². The number of hydrogen-bond donors (Lipinski definition) is 1. The summed E-state index contributed by atoms with van der Waals surface area (Å²) >= 11 is 0. The normalized spacial score (nSPS) is 18.9. The van der Waals surface area contributed by atoms with Gasteiger partial charge in [-0.25, -0.2) is 0 Å². The van der Waals surface area contributed by atoms with Crippen LogP contribution in [0.25, 0.3) is 0 Å². The van der Waals surface area contributed by atoms with E-state index in [4.69, 9.17) is 0 Å². The molecule has 0 saturated carbocycles. The molecule has 2 aromatic rings. The van der Waals surface area contributed by atoms with Crippen molar-refractivity contribution >= 4 is 11.4 Å². The summed E-state index contributed by atoms with van der Waals surface area (Å²) in [6.07, 6.45) is 2.51. The Hall–Kier alpha value is -1.76. The van der Waals surface area contributed by atoms with Crippen LogP contribution in [0.15, 0.2) is 48.5 Å². The number of fused-ring (bicyclic) bond motifs is 1. The molecule has 0 aromatic heterocycles. The second-order valence-corrected chi connectivity index (χ2v) is 7.52. The molecule has 0 heterocycles. The number of hydrogen-bond acceptors (Lipinski definition) is 1. The maximum Gasteiger partial charge on any atom is 0.0387 e. The van der Waals surface area contributed by atoms with Crippen LogP contribution in [0.3, 0.4) is 0 Å². The van der Waals surface area contributed by atoms with E-state index in [0.717, 1.165) is 5.69 Å². The third-order valence-electron chi connectivity index (χ3n) is 4.92. The van der Waals surface area contributed by atoms with Gasteiger partial charge in [0, 0.05) is 11.4 Å². The summed E-state index contributed by atoms with van der Waals surface area (Å²) < 4.78 is 0. The maximum atomic E-state index is 3.52. The minimum Gasteiger partial charge on any atom is -0.356 e. The summed E-state index contributed by atoms with van der Waals surface area (Å²) in [7, 11) is 0. The van der Waals surface area contributed by atoms with Crippen LogP contribution in [0, 0.1) is 0 Å². The number of para-hydroxylation sites is 1. The van der Waals surface area contributed by atoms with Gasteiger partial charge in [0.1, 0.15) is 0 Å². The first-order valence-corrected chi connectivity index (χ1v) is 7.86. The number of anilines is 2. The predicted molar refractivity (Wildman–Crippen MR) is 91.5 cm³/mol. The molecule has 1 nitrogen and oxygen atoms in total. The predicted octanol–water partition coefficient (Wildman–Crippen LogP) is 5.78. The van der Waals surface area contributed by atoms with E-state index >= 15 is 0 Å². The summed E-state index contributed by atoms with van der Waals surface area (Å²) in [5, 5.41) is 3.52. The summed E-state index contributed by atoms with van der Waals surface area (Å²) in [4.78, 5) is 0. The largest absolute Gasteiger partial charge is 0.356 e. The first kappa shape index (κ1) is 14.2. The van der Waals surface area contributed by atoms with Crippen molar-refractivity contribution in [3.8, 4) is 0 Å². The minimum absolute atomic E-state index is 0.263. The van der Waals surface area contributed by atoms with E-state index < -0.39 is 0 Å². The van der Waals surface area contributed by atoms with Crippen molar-refractivity contribution in [3.63, 3.8) is 0 Å². The molecule has 2 aromatic carbocycles. The van der Waals surface area contributed by atoms with Gasteiger partial charge >= 0.3 is 0 Å². The maximum absolute atomic E-state index is 3.52. The molecule has 0 unspecified atom stereocenters. The SMILES string of the molecule is CC1(C)CCC(C)(C)c2cc(Nc3ccccc3)ccc21. The number of nitrogens with one attached hydrogen (secondary N) is 1. The van der Waals surface area contributed by atoms with Gasteiger partial charge in [0.25, 0.3) is 0 Å². The fourth-order valence-corrected chi connectivity index (χ4v) is 3.35. The van der Waals surface area contributed by atoms with E-state index in [0.29, 0.717) is 0 Å². The third kappa shape index (κ3) is 2.70. The molecule has 0 spiro atoms. The fraction of sp³-hybridized carbons (Fsp3) is 0.400. The average Bonchev–Trinajstić information content (AvgIpc) is 2.45. The molecule has 0 aliphatic heterocycles. The molecular formula is C20H25N. The number of benzene rings is 2. The van der Waals surface area contributed by atoms with Gasteiger partial charge in [0.15, 0.2) is 0 Å². The Morgan fingerprint density at radius 1 is 0.714 bits per heavy atom. The molecule has 110 valence electrons. The van der Waals surface area contributed by atoms with Gasteiger partial charge in [-0.15, -0.1) is 0 Å². The molecule has 0 saturated heterocycles. The van der Waals surface area contributed by atoms with Gasteiger partial charge in [-0.05, 0) is 59.1 Å². The highest BCUT2D eigenvalue weighted by Crippen LogP contribution is 2.46. The van der Waals surface area contributed by atoms with Crippen molar-refractivity contribution in [1.29, 1.82) is 0 Å². The van der Waals surface area contributed by atoms with Crippen LogP contribution in [-0.2, 0) is 10.8 Å². The monoisotopic (exact) mass is 279 g/mol. The van der Waals surface area contributed by atoms with E-state index in [2.05, 4.69) is 75.5 Å². The molecule has 1 N–H and O–H groups in total. The smallest absolute Gasteiger partial charge is 0.0387 e. The molecule has 1 heteroatoms. The molecule has 0 amide bonds. The highest BCUT2D eigenvalue weighted by Gasteiger charge is 2.36. The van der Waals surface area contributed by atoms with Gasteiger partial charge in [0.05, 0.1) is 0 Å². The van der Waals surface area contributed by atoms with Crippen LogP contribution in [0.2, 0.25) is 0 Å². The lowest BCUT2D eigenvalue weighted by atomic mass is 9.63. The van der Waals surface area contributed by atoms with Crippen LogP contribution in [0.4, 0.5) is 11.4 Å². The van der Waals surface area contributed by atoms with Crippen molar-refractivity contribution in [1.82, 2.24) is 0 Å². The van der Waals surface area contributed by atoms with Gasteiger partial charge in [0.2, 0.25) is 0 Å². The van der Waals surface area contributed by atoms with Crippen molar-refractivity contribution in [2.45, 2.75) is 51.4 Å². The Morgan fingerprint density at radius 3 is 2.00 bits per heavy atom. The highest BCUT2D eigenvalue weighted by molar-refractivity contribution is 5.62. The van der Waals surface area contributed by atoms with E-state index in [1.807, 2.05) is 6.07 Å². The average molecular weight is 279 g/mol. The van der Waals surface area contributed by atoms with Crippen LogP contribution in [0.5, 0.6) is 0 Å². The number of rotatable bonds is 2. The Bertz CT molecular complexity index is 638. The first-order chi connectivity index (χ1) is 9.88. The summed E-state index contributed by atoms with van der Waals surface area (Å²) in [5.74, 6) is 0. The van der Waals surface area contributed by atoms with E-state index in [1.165, 1.54) is 29.7 Å².